The highest BCUT2D eigenvalue weighted by Crippen LogP contribution is 2.23. The Bertz CT molecular complexity index is 435. The van der Waals surface area contributed by atoms with Crippen LogP contribution in [0.3, 0.4) is 0 Å². The Hall–Kier alpha value is -1.10. The van der Waals surface area contributed by atoms with E-state index < -0.39 is 0 Å². The Balaban J connectivity index is 2.53. The molecule has 1 aromatic rings. The molecule has 1 aromatic carbocycles. The topological polar surface area (TPSA) is 41.1 Å². The maximum Gasteiger partial charge on any atom is 0.239 e. The summed E-state index contributed by atoms with van der Waals surface area (Å²) in [6.07, 6.45) is 0. The van der Waals surface area contributed by atoms with E-state index in [1.165, 1.54) is 6.07 Å². The molecule has 100 valence electrons. The van der Waals surface area contributed by atoms with Crippen LogP contribution in [0.2, 0.25) is 0 Å². The summed E-state index contributed by atoms with van der Waals surface area (Å²) in [5, 5.41) is 5.72. The molecular formula is C13H18BrFN2O. The minimum absolute atomic E-state index is 0.0913. The van der Waals surface area contributed by atoms with Crippen LogP contribution in [-0.4, -0.2) is 19.0 Å². The van der Waals surface area contributed by atoms with Gasteiger partial charge in [-0.25, -0.2) is 4.39 Å². The van der Waals surface area contributed by atoms with Gasteiger partial charge in [-0.1, -0.05) is 13.8 Å². The van der Waals surface area contributed by atoms with Crippen molar-refractivity contribution in [2.45, 2.75) is 20.8 Å². The molecule has 1 rings (SSSR count). The number of benzene rings is 1. The lowest BCUT2D eigenvalue weighted by molar-refractivity contribution is -0.119. The van der Waals surface area contributed by atoms with Gasteiger partial charge in [-0.2, -0.15) is 0 Å². The zero-order valence-corrected chi connectivity index (χ0v) is 12.4. The van der Waals surface area contributed by atoms with E-state index in [1.807, 2.05) is 20.8 Å². The second kappa shape index (κ2) is 6.73. The van der Waals surface area contributed by atoms with Crippen LogP contribution >= 0.6 is 15.9 Å². The number of carbonyl (C=O) groups excluding carboxylic acids is 1. The van der Waals surface area contributed by atoms with Crippen LogP contribution in [-0.2, 0) is 4.79 Å². The molecule has 0 radical (unpaired) electrons. The largest absolute Gasteiger partial charge is 0.376 e. The molecule has 2 N–H and O–H groups in total. The van der Waals surface area contributed by atoms with E-state index in [0.29, 0.717) is 22.6 Å². The Morgan fingerprint density at radius 2 is 2.11 bits per heavy atom. The number of carbonyl (C=O) groups is 1. The Morgan fingerprint density at radius 1 is 1.44 bits per heavy atom. The molecule has 0 saturated carbocycles. The molecule has 0 aliphatic carbocycles. The van der Waals surface area contributed by atoms with Crippen LogP contribution in [0.15, 0.2) is 16.6 Å². The summed E-state index contributed by atoms with van der Waals surface area (Å²) in [6, 6.07) is 3.07. The zero-order chi connectivity index (χ0) is 13.7. The number of anilines is 1. The smallest absolute Gasteiger partial charge is 0.239 e. The van der Waals surface area contributed by atoms with E-state index in [2.05, 4.69) is 26.6 Å². The number of aryl methyl sites for hydroxylation is 1. The highest BCUT2D eigenvalue weighted by atomic mass is 79.9. The van der Waals surface area contributed by atoms with Gasteiger partial charge in [0.25, 0.3) is 0 Å². The molecule has 1 amide bonds. The molecule has 0 atom stereocenters. The van der Waals surface area contributed by atoms with E-state index in [1.54, 1.807) is 6.07 Å². The summed E-state index contributed by atoms with van der Waals surface area (Å²) in [6.45, 7) is 6.71. The van der Waals surface area contributed by atoms with E-state index in [0.717, 1.165) is 5.56 Å². The van der Waals surface area contributed by atoms with Crippen molar-refractivity contribution < 1.29 is 9.18 Å². The molecule has 3 nitrogen and oxygen atoms in total. The van der Waals surface area contributed by atoms with Crippen molar-refractivity contribution in [2.24, 2.45) is 5.92 Å². The predicted molar refractivity (Wildman–Crippen MR) is 75.2 cm³/mol. The molecular weight excluding hydrogens is 299 g/mol. The van der Waals surface area contributed by atoms with E-state index in [9.17, 15) is 9.18 Å². The fourth-order valence-corrected chi connectivity index (χ4v) is 1.85. The first-order valence-corrected chi connectivity index (χ1v) is 6.65. The van der Waals surface area contributed by atoms with Gasteiger partial charge in [0.2, 0.25) is 5.91 Å². The van der Waals surface area contributed by atoms with Gasteiger partial charge in [-0.15, -0.1) is 0 Å². The third-order valence-electron chi connectivity index (χ3n) is 2.41. The van der Waals surface area contributed by atoms with Crippen LogP contribution in [0.1, 0.15) is 19.4 Å². The first kappa shape index (κ1) is 15.0. The number of halogens is 2. The van der Waals surface area contributed by atoms with Gasteiger partial charge in [-0.05, 0) is 46.5 Å². The first-order valence-electron chi connectivity index (χ1n) is 5.86. The summed E-state index contributed by atoms with van der Waals surface area (Å²) < 4.78 is 13.8. The monoisotopic (exact) mass is 316 g/mol. The van der Waals surface area contributed by atoms with E-state index >= 15 is 0 Å². The van der Waals surface area contributed by atoms with Crippen molar-refractivity contribution in [1.29, 1.82) is 0 Å². The van der Waals surface area contributed by atoms with E-state index in [-0.39, 0.29) is 18.3 Å². The van der Waals surface area contributed by atoms with Gasteiger partial charge < -0.3 is 10.6 Å². The van der Waals surface area contributed by atoms with Crippen LogP contribution in [0, 0.1) is 18.7 Å². The fraction of sp³-hybridized carbons (Fsp3) is 0.462. The van der Waals surface area contributed by atoms with Gasteiger partial charge in [0.1, 0.15) is 5.82 Å². The number of rotatable bonds is 5. The molecule has 0 aromatic heterocycles. The summed E-state index contributed by atoms with van der Waals surface area (Å²) in [5.74, 6) is -0.0158. The summed E-state index contributed by atoms with van der Waals surface area (Å²) in [7, 11) is 0. The molecule has 0 unspecified atom stereocenters. The van der Waals surface area contributed by atoms with Crippen LogP contribution in [0.25, 0.3) is 0 Å². The number of nitrogens with one attached hydrogen (secondary N) is 2. The van der Waals surface area contributed by atoms with Crippen molar-refractivity contribution in [3.8, 4) is 0 Å². The van der Waals surface area contributed by atoms with Crippen molar-refractivity contribution >= 4 is 27.5 Å². The van der Waals surface area contributed by atoms with Gasteiger partial charge in [0, 0.05) is 12.2 Å². The molecule has 0 aliphatic rings. The highest BCUT2D eigenvalue weighted by Gasteiger charge is 2.07. The Kier molecular flexibility index (Phi) is 5.59. The molecule has 0 aliphatic heterocycles. The molecule has 0 heterocycles. The SMILES string of the molecule is Cc1cc(Br)c(F)cc1NCC(=O)NCC(C)C. The van der Waals surface area contributed by atoms with E-state index in [4.69, 9.17) is 0 Å². The minimum Gasteiger partial charge on any atom is -0.376 e. The van der Waals surface area contributed by atoms with Gasteiger partial charge in [0.15, 0.2) is 0 Å². The lowest BCUT2D eigenvalue weighted by Crippen LogP contribution is -2.32. The fourth-order valence-electron chi connectivity index (χ4n) is 1.39. The standard InChI is InChI=1S/C13H18BrFN2O/c1-8(2)6-17-13(18)7-16-12-5-11(15)10(14)4-9(12)3/h4-5,8,16H,6-7H2,1-3H3,(H,17,18). The third-order valence-corrected chi connectivity index (χ3v) is 3.02. The number of hydrogen-bond acceptors (Lipinski definition) is 2. The van der Waals surface area contributed by atoms with Gasteiger partial charge in [-0.3, -0.25) is 4.79 Å². The van der Waals surface area contributed by atoms with Crippen molar-refractivity contribution in [2.75, 3.05) is 18.4 Å². The summed E-state index contributed by atoms with van der Waals surface area (Å²) in [4.78, 5) is 11.5. The highest BCUT2D eigenvalue weighted by molar-refractivity contribution is 9.10. The third kappa shape index (κ3) is 4.64. The average Bonchev–Trinajstić information content (AvgIpc) is 2.29. The second-order valence-corrected chi connectivity index (χ2v) is 5.49. The molecule has 0 spiro atoms. The molecule has 18 heavy (non-hydrogen) atoms. The lowest BCUT2D eigenvalue weighted by atomic mass is 10.2. The molecule has 0 fully saturated rings. The van der Waals surface area contributed by atoms with Gasteiger partial charge >= 0.3 is 0 Å². The first-order chi connectivity index (χ1) is 8.40. The van der Waals surface area contributed by atoms with Crippen LogP contribution in [0.4, 0.5) is 10.1 Å². The maximum absolute atomic E-state index is 13.4. The normalized spacial score (nSPS) is 10.6. The summed E-state index contributed by atoms with van der Waals surface area (Å²) in [5.41, 5.74) is 1.52. The minimum atomic E-state index is -0.342. The summed E-state index contributed by atoms with van der Waals surface area (Å²) >= 11 is 3.12. The van der Waals surface area contributed by atoms with Crippen LogP contribution < -0.4 is 10.6 Å². The zero-order valence-electron chi connectivity index (χ0n) is 10.8. The van der Waals surface area contributed by atoms with Gasteiger partial charge in [0.05, 0.1) is 11.0 Å². The maximum atomic E-state index is 13.4. The Labute approximate surface area is 115 Å². The van der Waals surface area contributed by atoms with Crippen LogP contribution in [0.5, 0.6) is 0 Å². The van der Waals surface area contributed by atoms with Crippen molar-refractivity contribution in [1.82, 2.24) is 5.32 Å². The average molecular weight is 317 g/mol. The second-order valence-electron chi connectivity index (χ2n) is 4.63. The lowest BCUT2D eigenvalue weighted by Gasteiger charge is -2.11. The number of amides is 1. The molecule has 5 heteroatoms. The molecule has 0 saturated heterocycles. The van der Waals surface area contributed by atoms with Crippen molar-refractivity contribution in [3.63, 3.8) is 0 Å². The Morgan fingerprint density at radius 3 is 2.72 bits per heavy atom. The van der Waals surface area contributed by atoms with Crippen molar-refractivity contribution in [3.05, 3.63) is 28.0 Å². The quantitative estimate of drug-likeness (QED) is 0.876. The molecule has 0 bridgehead atoms. The number of hydrogen-bond donors (Lipinski definition) is 2. The predicted octanol–water partition coefficient (Wildman–Crippen LogP) is 3.08.